The summed E-state index contributed by atoms with van der Waals surface area (Å²) in [6.45, 7) is 1.89. The van der Waals surface area contributed by atoms with Crippen molar-refractivity contribution in [3.05, 3.63) is 29.6 Å². The number of aryl methyl sites for hydroxylation is 1. The standard InChI is InChI=1S/C12H13NO/c1-3-4-5-8-11(14)12-10(2)7-6-9-13-12/h1,6-7,9H,4-5,8H2,2H3. The van der Waals surface area contributed by atoms with Gasteiger partial charge in [-0.25, -0.2) is 0 Å². The van der Waals surface area contributed by atoms with Crippen molar-refractivity contribution < 1.29 is 4.79 Å². The van der Waals surface area contributed by atoms with E-state index in [2.05, 4.69) is 10.9 Å². The van der Waals surface area contributed by atoms with Gasteiger partial charge in [-0.15, -0.1) is 12.3 Å². The van der Waals surface area contributed by atoms with E-state index in [0.29, 0.717) is 18.5 Å². The SMILES string of the molecule is C#CCCCC(=O)c1ncccc1C. The topological polar surface area (TPSA) is 30.0 Å². The summed E-state index contributed by atoms with van der Waals surface area (Å²) >= 11 is 0. The number of hydrogen-bond acceptors (Lipinski definition) is 2. The molecule has 72 valence electrons. The number of Topliss-reactive ketones (excluding diaryl/α,β-unsaturated/α-hetero) is 1. The first kappa shape index (κ1) is 10.5. The lowest BCUT2D eigenvalue weighted by Gasteiger charge is -2.01. The van der Waals surface area contributed by atoms with E-state index >= 15 is 0 Å². The van der Waals surface area contributed by atoms with Gasteiger partial charge in [-0.05, 0) is 25.0 Å². The molecular weight excluding hydrogens is 174 g/mol. The zero-order chi connectivity index (χ0) is 10.4. The first-order chi connectivity index (χ1) is 6.75. The average molecular weight is 187 g/mol. The number of nitrogens with zero attached hydrogens (tertiary/aromatic N) is 1. The fourth-order valence-electron chi connectivity index (χ4n) is 1.25. The van der Waals surface area contributed by atoms with Crippen molar-refractivity contribution in [1.82, 2.24) is 4.98 Å². The van der Waals surface area contributed by atoms with Crippen LogP contribution >= 0.6 is 0 Å². The molecule has 0 atom stereocenters. The first-order valence-electron chi connectivity index (χ1n) is 4.64. The molecule has 0 unspecified atom stereocenters. The quantitative estimate of drug-likeness (QED) is 0.411. The van der Waals surface area contributed by atoms with Crippen LogP contribution in [0.15, 0.2) is 18.3 Å². The predicted molar refractivity (Wildman–Crippen MR) is 56.0 cm³/mol. The average Bonchev–Trinajstić information content (AvgIpc) is 2.18. The minimum atomic E-state index is 0.0818. The fourth-order valence-corrected chi connectivity index (χ4v) is 1.25. The fraction of sp³-hybridized carbons (Fsp3) is 0.333. The number of terminal acetylenes is 1. The van der Waals surface area contributed by atoms with Gasteiger partial charge in [0.15, 0.2) is 5.78 Å². The summed E-state index contributed by atoms with van der Waals surface area (Å²) in [4.78, 5) is 15.7. The Balaban J connectivity index is 2.62. The Bertz CT molecular complexity index is 363. The van der Waals surface area contributed by atoms with Gasteiger partial charge in [0.05, 0.1) is 0 Å². The number of unbranched alkanes of at least 4 members (excludes halogenated alkanes) is 1. The third-order valence-corrected chi connectivity index (χ3v) is 2.00. The van der Waals surface area contributed by atoms with Gasteiger partial charge >= 0.3 is 0 Å². The first-order valence-corrected chi connectivity index (χ1v) is 4.64. The summed E-state index contributed by atoms with van der Waals surface area (Å²) < 4.78 is 0. The molecule has 2 heteroatoms. The molecule has 2 nitrogen and oxygen atoms in total. The lowest BCUT2D eigenvalue weighted by molar-refractivity contribution is 0.0975. The van der Waals surface area contributed by atoms with Crippen molar-refractivity contribution in [2.75, 3.05) is 0 Å². The van der Waals surface area contributed by atoms with Crippen LogP contribution < -0.4 is 0 Å². The van der Waals surface area contributed by atoms with Crippen LogP contribution in [0.25, 0.3) is 0 Å². The van der Waals surface area contributed by atoms with Gasteiger partial charge in [-0.2, -0.15) is 0 Å². The maximum atomic E-state index is 11.6. The summed E-state index contributed by atoms with van der Waals surface area (Å²) in [7, 11) is 0. The van der Waals surface area contributed by atoms with E-state index in [1.165, 1.54) is 0 Å². The molecule has 1 heterocycles. The number of pyridine rings is 1. The third kappa shape index (κ3) is 2.70. The number of aromatic nitrogens is 1. The third-order valence-electron chi connectivity index (χ3n) is 2.00. The molecule has 1 aromatic rings. The largest absolute Gasteiger partial charge is 0.292 e. The molecule has 0 amide bonds. The van der Waals surface area contributed by atoms with Crippen molar-refractivity contribution in [2.24, 2.45) is 0 Å². The van der Waals surface area contributed by atoms with Crippen molar-refractivity contribution >= 4 is 5.78 Å². The van der Waals surface area contributed by atoms with Gasteiger partial charge in [0.1, 0.15) is 5.69 Å². The lowest BCUT2D eigenvalue weighted by Crippen LogP contribution is -2.04. The van der Waals surface area contributed by atoms with E-state index in [4.69, 9.17) is 6.42 Å². The van der Waals surface area contributed by atoms with Crippen LogP contribution in [0.1, 0.15) is 35.3 Å². The molecule has 0 bridgehead atoms. The number of hydrogen-bond donors (Lipinski definition) is 0. The second-order valence-electron chi connectivity index (χ2n) is 3.15. The van der Waals surface area contributed by atoms with E-state index < -0.39 is 0 Å². The Morgan fingerprint density at radius 2 is 2.43 bits per heavy atom. The highest BCUT2D eigenvalue weighted by Crippen LogP contribution is 2.08. The number of ketones is 1. The van der Waals surface area contributed by atoms with Crippen LogP contribution in [0.4, 0.5) is 0 Å². The highest BCUT2D eigenvalue weighted by atomic mass is 16.1. The summed E-state index contributed by atoms with van der Waals surface area (Å²) in [6, 6.07) is 3.72. The normalized spacial score (nSPS) is 9.43. The zero-order valence-electron chi connectivity index (χ0n) is 8.29. The molecule has 0 aliphatic carbocycles. The van der Waals surface area contributed by atoms with Crippen molar-refractivity contribution in [2.45, 2.75) is 26.2 Å². The Kier molecular flexibility index (Phi) is 3.87. The molecule has 0 aromatic carbocycles. The van der Waals surface area contributed by atoms with Crippen LogP contribution in [0.5, 0.6) is 0 Å². The van der Waals surface area contributed by atoms with E-state index in [-0.39, 0.29) is 5.78 Å². The van der Waals surface area contributed by atoms with Gasteiger partial charge in [-0.1, -0.05) is 6.07 Å². The second kappa shape index (κ2) is 5.18. The molecule has 14 heavy (non-hydrogen) atoms. The van der Waals surface area contributed by atoms with Crippen molar-refractivity contribution in [1.29, 1.82) is 0 Å². The van der Waals surface area contributed by atoms with Crippen LogP contribution in [0.2, 0.25) is 0 Å². The van der Waals surface area contributed by atoms with E-state index in [0.717, 1.165) is 12.0 Å². The van der Waals surface area contributed by atoms with Crippen LogP contribution in [0.3, 0.4) is 0 Å². The Morgan fingerprint density at radius 3 is 3.07 bits per heavy atom. The summed E-state index contributed by atoms with van der Waals surface area (Å²) in [6.07, 6.45) is 8.63. The zero-order valence-corrected chi connectivity index (χ0v) is 8.29. The van der Waals surface area contributed by atoms with Gasteiger partial charge < -0.3 is 0 Å². The maximum Gasteiger partial charge on any atom is 0.181 e. The maximum absolute atomic E-state index is 11.6. The Hall–Kier alpha value is -1.62. The van der Waals surface area contributed by atoms with E-state index in [9.17, 15) is 4.79 Å². The molecule has 1 rings (SSSR count). The molecule has 0 aliphatic heterocycles. The van der Waals surface area contributed by atoms with Gasteiger partial charge in [0, 0.05) is 19.0 Å². The molecule has 0 spiro atoms. The summed E-state index contributed by atoms with van der Waals surface area (Å²) in [5, 5.41) is 0. The monoisotopic (exact) mass is 187 g/mol. The molecule has 0 N–H and O–H groups in total. The van der Waals surface area contributed by atoms with Crippen LogP contribution in [-0.4, -0.2) is 10.8 Å². The predicted octanol–water partition coefficient (Wildman–Crippen LogP) is 2.38. The molecule has 0 radical (unpaired) electrons. The highest BCUT2D eigenvalue weighted by molar-refractivity contribution is 5.95. The minimum Gasteiger partial charge on any atom is -0.292 e. The highest BCUT2D eigenvalue weighted by Gasteiger charge is 2.08. The second-order valence-corrected chi connectivity index (χ2v) is 3.15. The molecule has 1 aromatic heterocycles. The van der Waals surface area contributed by atoms with Crippen LogP contribution in [-0.2, 0) is 0 Å². The molecule has 0 aliphatic rings. The number of rotatable bonds is 4. The molecular formula is C12H13NO. The van der Waals surface area contributed by atoms with Gasteiger partial charge in [-0.3, -0.25) is 9.78 Å². The van der Waals surface area contributed by atoms with Crippen molar-refractivity contribution in [3.63, 3.8) is 0 Å². The summed E-state index contributed by atoms with van der Waals surface area (Å²) in [5.41, 5.74) is 1.50. The van der Waals surface area contributed by atoms with E-state index in [1.54, 1.807) is 6.20 Å². The minimum absolute atomic E-state index is 0.0818. The Morgan fingerprint density at radius 1 is 1.64 bits per heavy atom. The van der Waals surface area contributed by atoms with Crippen LogP contribution in [0, 0.1) is 19.3 Å². The molecule has 0 saturated carbocycles. The summed E-state index contributed by atoms with van der Waals surface area (Å²) in [5.74, 6) is 2.60. The number of carbonyl (C=O) groups excluding carboxylic acids is 1. The van der Waals surface area contributed by atoms with Gasteiger partial charge in [0.25, 0.3) is 0 Å². The lowest BCUT2D eigenvalue weighted by atomic mass is 10.1. The smallest absolute Gasteiger partial charge is 0.181 e. The molecule has 0 saturated heterocycles. The Labute approximate surface area is 84.4 Å². The number of carbonyl (C=O) groups is 1. The van der Waals surface area contributed by atoms with E-state index in [1.807, 2.05) is 19.1 Å². The van der Waals surface area contributed by atoms with Gasteiger partial charge in [0.2, 0.25) is 0 Å². The molecule has 0 fully saturated rings. The van der Waals surface area contributed by atoms with Crippen molar-refractivity contribution in [3.8, 4) is 12.3 Å².